The van der Waals surface area contributed by atoms with Gasteiger partial charge in [-0.3, -0.25) is 9.78 Å². The summed E-state index contributed by atoms with van der Waals surface area (Å²) in [6.07, 6.45) is 1.49. The molecule has 1 aromatic heterocycles. The van der Waals surface area contributed by atoms with Gasteiger partial charge in [0.1, 0.15) is 5.69 Å². The maximum atomic E-state index is 10.7. The number of aliphatic hydroxyl groups is 1. The molecule has 0 radical (unpaired) electrons. The Bertz CT molecular complexity index is 301. The number of nitrogens with one attached hydrogen (secondary N) is 1. The van der Waals surface area contributed by atoms with Crippen LogP contribution in [0.5, 0.6) is 0 Å². The molecule has 0 fully saturated rings. The van der Waals surface area contributed by atoms with E-state index in [0.717, 1.165) is 5.69 Å². The number of primary amides is 1. The molecule has 0 aliphatic carbocycles. The Balaban J connectivity index is 2.73. The fourth-order valence-corrected chi connectivity index (χ4v) is 0.875. The molecule has 5 nitrogen and oxygen atoms in total. The van der Waals surface area contributed by atoms with E-state index in [1.807, 2.05) is 0 Å². The summed E-state index contributed by atoms with van der Waals surface area (Å²) in [5, 5.41) is 11.4. The number of amides is 1. The molecule has 0 bridgehead atoms. The van der Waals surface area contributed by atoms with Gasteiger partial charge in [-0.05, 0) is 12.1 Å². The molecule has 0 aliphatic rings. The summed E-state index contributed by atoms with van der Waals surface area (Å²) in [4.78, 5) is 14.5. The monoisotopic (exact) mass is 181 g/mol. The minimum atomic E-state index is -0.562. The third-order valence-electron chi connectivity index (χ3n) is 1.45. The standard InChI is InChI=1S/C8H11N3O2/c9-8(13)7-5-6(1-2-11-7)10-3-4-12/h1-2,5,12H,3-4H2,(H2,9,13)(H,10,11). The van der Waals surface area contributed by atoms with Gasteiger partial charge in [-0.15, -0.1) is 0 Å². The van der Waals surface area contributed by atoms with Crippen molar-refractivity contribution in [3.05, 3.63) is 24.0 Å². The number of nitrogens with zero attached hydrogens (tertiary/aromatic N) is 1. The van der Waals surface area contributed by atoms with Gasteiger partial charge in [0.2, 0.25) is 0 Å². The zero-order valence-electron chi connectivity index (χ0n) is 7.03. The molecule has 1 amide bonds. The summed E-state index contributed by atoms with van der Waals surface area (Å²) >= 11 is 0. The van der Waals surface area contributed by atoms with Crippen molar-refractivity contribution in [1.82, 2.24) is 4.98 Å². The lowest BCUT2D eigenvalue weighted by Crippen LogP contribution is -2.14. The first-order chi connectivity index (χ1) is 6.24. The van der Waals surface area contributed by atoms with Crippen LogP contribution in [0.1, 0.15) is 10.5 Å². The number of aromatic nitrogens is 1. The molecule has 0 saturated heterocycles. The van der Waals surface area contributed by atoms with Crippen LogP contribution >= 0.6 is 0 Å². The predicted molar refractivity (Wildman–Crippen MR) is 48.3 cm³/mol. The van der Waals surface area contributed by atoms with Gasteiger partial charge >= 0.3 is 0 Å². The van der Waals surface area contributed by atoms with E-state index in [9.17, 15) is 4.79 Å². The second-order valence-corrected chi connectivity index (χ2v) is 2.44. The number of carbonyl (C=O) groups is 1. The van der Waals surface area contributed by atoms with E-state index in [2.05, 4.69) is 10.3 Å². The number of nitrogens with two attached hydrogens (primary N) is 1. The van der Waals surface area contributed by atoms with Gasteiger partial charge in [0.15, 0.2) is 0 Å². The van der Waals surface area contributed by atoms with E-state index in [1.165, 1.54) is 12.3 Å². The van der Waals surface area contributed by atoms with Gasteiger partial charge in [-0.25, -0.2) is 0 Å². The van der Waals surface area contributed by atoms with Gasteiger partial charge < -0.3 is 16.2 Å². The van der Waals surface area contributed by atoms with E-state index in [0.29, 0.717) is 6.54 Å². The van der Waals surface area contributed by atoms with Gasteiger partial charge in [-0.2, -0.15) is 0 Å². The van der Waals surface area contributed by atoms with Crippen LogP contribution in [0.2, 0.25) is 0 Å². The van der Waals surface area contributed by atoms with Crippen molar-refractivity contribution < 1.29 is 9.90 Å². The zero-order chi connectivity index (χ0) is 9.68. The second kappa shape index (κ2) is 4.42. The highest BCUT2D eigenvalue weighted by Gasteiger charge is 2.01. The summed E-state index contributed by atoms with van der Waals surface area (Å²) in [7, 11) is 0. The summed E-state index contributed by atoms with van der Waals surface area (Å²) in [5.41, 5.74) is 5.96. The summed E-state index contributed by atoms with van der Waals surface area (Å²) in [6, 6.07) is 3.24. The SMILES string of the molecule is NC(=O)c1cc(NCCO)ccn1. The van der Waals surface area contributed by atoms with E-state index in [-0.39, 0.29) is 12.3 Å². The number of pyridine rings is 1. The Morgan fingerprint density at radius 1 is 1.69 bits per heavy atom. The van der Waals surface area contributed by atoms with Crippen molar-refractivity contribution >= 4 is 11.6 Å². The molecule has 13 heavy (non-hydrogen) atoms. The van der Waals surface area contributed by atoms with Crippen LogP contribution in [0.3, 0.4) is 0 Å². The normalized spacial score (nSPS) is 9.62. The summed E-state index contributed by atoms with van der Waals surface area (Å²) in [6.45, 7) is 0.469. The van der Waals surface area contributed by atoms with Crippen molar-refractivity contribution in [2.75, 3.05) is 18.5 Å². The van der Waals surface area contributed by atoms with Crippen LogP contribution in [-0.4, -0.2) is 29.1 Å². The second-order valence-electron chi connectivity index (χ2n) is 2.44. The van der Waals surface area contributed by atoms with E-state index in [1.54, 1.807) is 6.07 Å². The number of aliphatic hydroxyl groups excluding tert-OH is 1. The van der Waals surface area contributed by atoms with E-state index >= 15 is 0 Å². The molecule has 5 heteroatoms. The minimum Gasteiger partial charge on any atom is -0.395 e. The van der Waals surface area contributed by atoms with Crippen molar-refractivity contribution in [3.8, 4) is 0 Å². The fourth-order valence-electron chi connectivity index (χ4n) is 0.875. The van der Waals surface area contributed by atoms with Gasteiger partial charge in [0.05, 0.1) is 6.61 Å². The van der Waals surface area contributed by atoms with E-state index < -0.39 is 5.91 Å². The van der Waals surface area contributed by atoms with Gasteiger partial charge in [0, 0.05) is 18.4 Å². The van der Waals surface area contributed by atoms with Crippen LogP contribution in [0.15, 0.2) is 18.3 Å². The Hall–Kier alpha value is -1.62. The first-order valence-corrected chi connectivity index (χ1v) is 3.84. The molecule has 1 heterocycles. The topological polar surface area (TPSA) is 88.2 Å². The molecular weight excluding hydrogens is 170 g/mol. The van der Waals surface area contributed by atoms with Crippen LogP contribution in [0.4, 0.5) is 5.69 Å². The van der Waals surface area contributed by atoms with Crippen molar-refractivity contribution in [2.24, 2.45) is 5.73 Å². The van der Waals surface area contributed by atoms with Crippen LogP contribution in [0, 0.1) is 0 Å². The van der Waals surface area contributed by atoms with Gasteiger partial charge in [0.25, 0.3) is 5.91 Å². The Morgan fingerprint density at radius 2 is 2.46 bits per heavy atom. The number of hydrogen-bond donors (Lipinski definition) is 3. The Morgan fingerprint density at radius 3 is 3.08 bits per heavy atom. The molecule has 0 aliphatic heterocycles. The third-order valence-corrected chi connectivity index (χ3v) is 1.45. The molecule has 0 spiro atoms. The van der Waals surface area contributed by atoms with Crippen molar-refractivity contribution in [2.45, 2.75) is 0 Å². The molecule has 1 aromatic rings. The number of anilines is 1. The largest absolute Gasteiger partial charge is 0.395 e. The van der Waals surface area contributed by atoms with Crippen LogP contribution in [-0.2, 0) is 0 Å². The predicted octanol–water partition coefficient (Wildman–Crippen LogP) is -0.415. The fraction of sp³-hybridized carbons (Fsp3) is 0.250. The summed E-state index contributed by atoms with van der Waals surface area (Å²) < 4.78 is 0. The highest BCUT2D eigenvalue weighted by atomic mass is 16.3. The van der Waals surface area contributed by atoms with Crippen molar-refractivity contribution in [3.63, 3.8) is 0 Å². The average Bonchev–Trinajstić information content (AvgIpc) is 2.15. The first-order valence-electron chi connectivity index (χ1n) is 3.84. The molecular formula is C8H11N3O2. The Labute approximate surface area is 75.6 Å². The maximum absolute atomic E-state index is 10.7. The van der Waals surface area contributed by atoms with Crippen molar-refractivity contribution in [1.29, 1.82) is 0 Å². The molecule has 4 N–H and O–H groups in total. The lowest BCUT2D eigenvalue weighted by atomic mass is 10.3. The number of carbonyl (C=O) groups excluding carboxylic acids is 1. The van der Waals surface area contributed by atoms with E-state index in [4.69, 9.17) is 10.8 Å². The zero-order valence-corrected chi connectivity index (χ0v) is 7.03. The van der Waals surface area contributed by atoms with Gasteiger partial charge in [-0.1, -0.05) is 0 Å². The molecule has 0 aromatic carbocycles. The average molecular weight is 181 g/mol. The molecule has 1 rings (SSSR count). The highest BCUT2D eigenvalue weighted by Crippen LogP contribution is 2.06. The number of hydrogen-bond acceptors (Lipinski definition) is 4. The van der Waals surface area contributed by atoms with Crippen LogP contribution < -0.4 is 11.1 Å². The molecule has 0 saturated carbocycles. The molecule has 70 valence electrons. The molecule has 0 unspecified atom stereocenters. The quantitative estimate of drug-likeness (QED) is 0.589. The third kappa shape index (κ3) is 2.72. The lowest BCUT2D eigenvalue weighted by Gasteiger charge is -2.03. The van der Waals surface area contributed by atoms with Crippen LogP contribution in [0.25, 0.3) is 0 Å². The maximum Gasteiger partial charge on any atom is 0.267 e. The first kappa shape index (κ1) is 9.47. The minimum absolute atomic E-state index is 0.0359. The molecule has 0 atom stereocenters. The summed E-state index contributed by atoms with van der Waals surface area (Å²) in [5.74, 6) is -0.562. The lowest BCUT2D eigenvalue weighted by molar-refractivity contribution is 0.0995. The highest BCUT2D eigenvalue weighted by molar-refractivity contribution is 5.91. The number of rotatable bonds is 4. The Kier molecular flexibility index (Phi) is 3.22. The smallest absolute Gasteiger partial charge is 0.267 e.